The number of nitrogens with zero attached hydrogens (tertiary/aromatic N) is 4. The largest absolute Gasteiger partial charge is 0.353 e. The molecule has 2 aliphatic heterocycles. The maximum atomic E-state index is 13.8. The van der Waals surface area contributed by atoms with Gasteiger partial charge in [0.15, 0.2) is 0 Å². The molecule has 2 saturated heterocycles. The zero-order chi connectivity index (χ0) is 22.8. The Balaban J connectivity index is 1.10. The van der Waals surface area contributed by atoms with Crippen molar-refractivity contribution in [2.45, 2.75) is 19.3 Å². The summed E-state index contributed by atoms with van der Waals surface area (Å²) in [4.78, 5) is 36.2. The molecule has 7 heteroatoms. The fourth-order valence-electron chi connectivity index (χ4n) is 5.22. The summed E-state index contributed by atoms with van der Waals surface area (Å²) in [5.41, 5.74) is 0.469. The molecule has 2 amide bonds. The van der Waals surface area contributed by atoms with E-state index >= 15 is 0 Å². The highest BCUT2D eigenvalue weighted by molar-refractivity contribution is 5.92. The molecule has 1 aromatic heterocycles. The maximum absolute atomic E-state index is 13.8. The first-order valence-corrected chi connectivity index (χ1v) is 11.7. The minimum Gasteiger partial charge on any atom is -0.353 e. The van der Waals surface area contributed by atoms with Gasteiger partial charge in [-0.3, -0.25) is 9.59 Å². The second-order valence-electron chi connectivity index (χ2n) is 9.30. The van der Waals surface area contributed by atoms with Crippen molar-refractivity contribution in [3.8, 4) is 0 Å². The van der Waals surface area contributed by atoms with Crippen molar-refractivity contribution in [3.05, 3.63) is 66.1 Å². The molecule has 33 heavy (non-hydrogen) atoms. The van der Waals surface area contributed by atoms with Gasteiger partial charge in [-0.15, -0.1) is 0 Å². The normalized spacial score (nSPS) is 22.1. The van der Waals surface area contributed by atoms with Gasteiger partial charge in [-0.05, 0) is 49.0 Å². The van der Waals surface area contributed by atoms with E-state index in [2.05, 4.69) is 9.88 Å². The van der Waals surface area contributed by atoms with Crippen molar-refractivity contribution in [2.75, 3.05) is 44.2 Å². The summed E-state index contributed by atoms with van der Waals surface area (Å²) >= 11 is 0. The van der Waals surface area contributed by atoms with Gasteiger partial charge < -0.3 is 14.7 Å². The van der Waals surface area contributed by atoms with E-state index in [4.69, 9.17) is 0 Å². The van der Waals surface area contributed by atoms with Crippen LogP contribution in [0.2, 0.25) is 0 Å². The highest BCUT2D eigenvalue weighted by Crippen LogP contribution is 2.60. The third-order valence-electron chi connectivity index (χ3n) is 7.43. The zero-order valence-electron chi connectivity index (χ0n) is 18.7. The van der Waals surface area contributed by atoms with Crippen LogP contribution in [-0.4, -0.2) is 65.9 Å². The third-order valence-corrected chi connectivity index (χ3v) is 7.43. The number of carbonyl (C=O) groups excluding carboxylic acids is 2. The van der Waals surface area contributed by atoms with Crippen molar-refractivity contribution < 1.29 is 14.0 Å². The van der Waals surface area contributed by atoms with Crippen LogP contribution in [0, 0.1) is 17.2 Å². The average molecular weight is 449 g/mol. The predicted octanol–water partition coefficient (Wildman–Crippen LogP) is 3.21. The average Bonchev–Trinajstić information content (AvgIpc) is 3.56. The molecule has 5 rings (SSSR count). The molecule has 3 heterocycles. The fraction of sp³-hybridized carbons (Fsp3) is 0.423. The Bertz CT molecular complexity index is 1040. The van der Waals surface area contributed by atoms with Crippen LogP contribution in [0.4, 0.5) is 10.2 Å². The van der Waals surface area contributed by atoms with E-state index in [-0.39, 0.29) is 29.0 Å². The number of likely N-dealkylation sites (tertiary alicyclic amines) is 1. The lowest BCUT2D eigenvalue weighted by Gasteiger charge is -2.37. The van der Waals surface area contributed by atoms with E-state index in [1.807, 2.05) is 28.0 Å². The Morgan fingerprint density at radius 3 is 2.36 bits per heavy atom. The van der Waals surface area contributed by atoms with Crippen LogP contribution in [0.5, 0.6) is 0 Å². The monoisotopic (exact) mass is 448 g/mol. The second kappa shape index (κ2) is 8.96. The van der Waals surface area contributed by atoms with Gasteiger partial charge in [0.25, 0.3) is 0 Å². The highest BCUT2D eigenvalue weighted by Gasteiger charge is 2.59. The minimum absolute atomic E-state index is 0.0568. The van der Waals surface area contributed by atoms with E-state index in [9.17, 15) is 14.0 Å². The van der Waals surface area contributed by atoms with Gasteiger partial charge >= 0.3 is 0 Å². The van der Waals surface area contributed by atoms with Crippen molar-refractivity contribution in [1.29, 1.82) is 0 Å². The third kappa shape index (κ3) is 4.49. The molecule has 1 spiro atoms. The molecule has 1 aromatic carbocycles. The smallest absolute Gasteiger partial charge is 0.246 e. The molecule has 2 aromatic rings. The first-order chi connectivity index (χ1) is 16.1. The number of amides is 2. The zero-order valence-corrected chi connectivity index (χ0v) is 18.7. The van der Waals surface area contributed by atoms with E-state index in [0.717, 1.165) is 51.3 Å². The van der Waals surface area contributed by atoms with E-state index in [1.165, 1.54) is 18.2 Å². The first kappa shape index (κ1) is 21.6. The van der Waals surface area contributed by atoms with Crippen LogP contribution in [0.1, 0.15) is 24.8 Å². The molecule has 3 fully saturated rings. The molecule has 172 valence electrons. The summed E-state index contributed by atoms with van der Waals surface area (Å²) in [6.45, 7) is 4.37. The van der Waals surface area contributed by atoms with E-state index < -0.39 is 0 Å². The Morgan fingerprint density at radius 1 is 0.939 bits per heavy atom. The van der Waals surface area contributed by atoms with E-state index in [0.29, 0.717) is 18.7 Å². The Labute approximate surface area is 193 Å². The summed E-state index contributed by atoms with van der Waals surface area (Å²) in [5.74, 6) is 0.898. The number of piperazine rings is 1. The topological polar surface area (TPSA) is 56.8 Å². The van der Waals surface area contributed by atoms with Crippen LogP contribution < -0.4 is 4.90 Å². The summed E-state index contributed by atoms with van der Waals surface area (Å²) in [6.07, 6.45) is 7.43. The molecule has 1 aliphatic carbocycles. The van der Waals surface area contributed by atoms with Gasteiger partial charge in [0.1, 0.15) is 11.6 Å². The Morgan fingerprint density at radius 2 is 1.67 bits per heavy atom. The summed E-state index contributed by atoms with van der Waals surface area (Å²) in [6, 6.07) is 12.3. The lowest BCUT2D eigenvalue weighted by molar-refractivity contribution is -0.134. The number of halogens is 1. The molecular weight excluding hydrogens is 419 g/mol. The number of rotatable bonds is 4. The van der Waals surface area contributed by atoms with Crippen LogP contribution in [0.15, 0.2) is 54.7 Å². The number of pyridine rings is 1. The first-order valence-electron chi connectivity index (χ1n) is 11.7. The number of hydrogen-bond acceptors (Lipinski definition) is 4. The summed E-state index contributed by atoms with van der Waals surface area (Å²) in [5, 5.41) is 0. The quantitative estimate of drug-likeness (QED) is 0.674. The Hall–Kier alpha value is -3.22. The van der Waals surface area contributed by atoms with Crippen LogP contribution in [0.25, 0.3) is 6.08 Å². The SMILES string of the molecule is O=C(/C=C/c1ccccc1F)N1CCC2(CC1)C[C@H]2C(=O)N1CCN(c2ccccn2)CC1. The molecule has 3 aliphatic rings. The number of carbonyl (C=O) groups is 2. The van der Waals surface area contributed by atoms with Gasteiger partial charge in [0, 0.05) is 63.0 Å². The number of piperidine rings is 1. The molecule has 1 saturated carbocycles. The molecular formula is C26H29FN4O2. The van der Waals surface area contributed by atoms with Crippen LogP contribution in [0.3, 0.4) is 0 Å². The van der Waals surface area contributed by atoms with Gasteiger partial charge in [0.2, 0.25) is 11.8 Å². The van der Waals surface area contributed by atoms with Crippen molar-refractivity contribution in [1.82, 2.24) is 14.8 Å². The predicted molar refractivity (Wildman–Crippen MR) is 125 cm³/mol. The second-order valence-corrected chi connectivity index (χ2v) is 9.30. The number of anilines is 1. The molecule has 0 radical (unpaired) electrons. The number of aromatic nitrogens is 1. The highest BCUT2D eigenvalue weighted by atomic mass is 19.1. The number of hydrogen-bond donors (Lipinski definition) is 0. The summed E-state index contributed by atoms with van der Waals surface area (Å²) < 4.78 is 13.8. The maximum Gasteiger partial charge on any atom is 0.246 e. The standard InChI is InChI=1S/C26H29FN4O2/c27-22-6-2-1-5-20(22)8-9-24(32)30-13-10-26(11-14-30)19-21(26)25(33)31-17-15-29(16-18-31)23-7-3-4-12-28-23/h1-9,12,21H,10-11,13-19H2/b9-8+/t21-/m0/s1. The van der Waals surface area contributed by atoms with Crippen molar-refractivity contribution in [2.24, 2.45) is 11.3 Å². The lowest BCUT2D eigenvalue weighted by Crippen LogP contribution is -2.50. The molecule has 1 atom stereocenters. The fourth-order valence-corrected chi connectivity index (χ4v) is 5.22. The Kier molecular flexibility index (Phi) is 5.87. The van der Waals surface area contributed by atoms with Crippen LogP contribution >= 0.6 is 0 Å². The van der Waals surface area contributed by atoms with Gasteiger partial charge in [-0.25, -0.2) is 9.37 Å². The van der Waals surface area contributed by atoms with Gasteiger partial charge in [-0.2, -0.15) is 0 Å². The van der Waals surface area contributed by atoms with Crippen molar-refractivity contribution >= 4 is 23.7 Å². The minimum atomic E-state index is -0.334. The van der Waals surface area contributed by atoms with Gasteiger partial charge in [0.05, 0.1) is 0 Å². The van der Waals surface area contributed by atoms with E-state index in [1.54, 1.807) is 24.4 Å². The van der Waals surface area contributed by atoms with Gasteiger partial charge in [-0.1, -0.05) is 24.3 Å². The molecule has 0 N–H and O–H groups in total. The molecule has 0 unspecified atom stereocenters. The molecule has 6 nitrogen and oxygen atoms in total. The number of benzene rings is 1. The van der Waals surface area contributed by atoms with Crippen LogP contribution in [-0.2, 0) is 9.59 Å². The van der Waals surface area contributed by atoms with Crippen molar-refractivity contribution in [3.63, 3.8) is 0 Å². The lowest BCUT2D eigenvalue weighted by atomic mass is 9.90. The molecule has 0 bridgehead atoms. The summed E-state index contributed by atoms with van der Waals surface area (Å²) in [7, 11) is 0.